The molecule has 0 aromatic rings. The predicted octanol–water partition coefficient (Wildman–Crippen LogP) is 2.95. The Hall–Kier alpha value is -0.570. The van der Waals surface area contributed by atoms with Gasteiger partial charge in [-0.2, -0.15) is 0 Å². The molecule has 0 spiro atoms. The minimum Gasteiger partial charge on any atom is -0.341 e. The maximum atomic E-state index is 12.8. The van der Waals surface area contributed by atoms with Gasteiger partial charge in [-0.1, -0.05) is 19.8 Å². The molecular formula is C17H30N2O. The van der Waals surface area contributed by atoms with E-state index in [1.165, 1.54) is 51.4 Å². The van der Waals surface area contributed by atoms with Crippen molar-refractivity contribution in [2.45, 2.75) is 76.8 Å². The van der Waals surface area contributed by atoms with E-state index in [-0.39, 0.29) is 6.04 Å². The lowest BCUT2D eigenvalue weighted by molar-refractivity contribution is -0.134. The standard InChI is InChI=1S/C17H30N2O/c1-13-5-4-11-19(12-10-13)17(20)16-9-8-14-6-2-3-7-15(14)18-16/h13-16,18H,2-12H2,1H3. The summed E-state index contributed by atoms with van der Waals surface area (Å²) in [6, 6.07) is 0.736. The van der Waals surface area contributed by atoms with Crippen LogP contribution in [0.5, 0.6) is 0 Å². The lowest BCUT2D eigenvalue weighted by Gasteiger charge is -2.41. The Balaban J connectivity index is 1.56. The van der Waals surface area contributed by atoms with Crippen molar-refractivity contribution in [2.24, 2.45) is 11.8 Å². The van der Waals surface area contributed by atoms with Crippen molar-refractivity contribution in [3.63, 3.8) is 0 Å². The Morgan fingerprint density at radius 3 is 2.70 bits per heavy atom. The quantitative estimate of drug-likeness (QED) is 0.800. The number of rotatable bonds is 1. The molecule has 3 rings (SSSR count). The smallest absolute Gasteiger partial charge is 0.239 e. The van der Waals surface area contributed by atoms with Crippen molar-refractivity contribution >= 4 is 5.91 Å². The summed E-state index contributed by atoms with van der Waals surface area (Å²) in [5, 5.41) is 3.69. The van der Waals surface area contributed by atoms with Gasteiger partial charge in [0.05, 0.1) is 6.04 Å². The highest BCUT2D eigenvalue weighted by Gasteiger charge is 2.36. The molecular weight excluding hydrogens is 248 g/mol. The second-order valence-corrected chi connectivity index (χ2v) is 7.31. The summed E-state index contributed by atoms with van der Waals surface area (Å²) < 4.78 is 0. The van der Waals surface area contributed by atoms with Crippen molar-refractivity contribution in [3.05, 3.63) is 0 Å². The van der Waals surface area contributed by atoms with Crippen LogP contribution in [-0.4, -0.2) is 36.0 Å². The fourth-order valence-corrected chi connectivity index (χ4v) is 4.39. The van der Waals surface area contributed by atoms with E-state index >= 15 is 0 Å². The van der Waals surface area contributed by atoms with Crippen LogP contribution in [0, 0.1) is 11.8 Å². The third kappa shape index (κ3) is 3.19. The van der Waals surface area contributed by atoms with Crippen LogP contribution in [0.3, 0.4) is 0 Å². The van der Waals surface area contributed by atoms with E-state index in [2.05, 4.69) is 17.1 Å². The fraction of sp³-hybridized carbons (Fsp3) is 0.941. The zero-order valence-electron chi connectivity index (χ0n) is 12.9. The molecule has 1 N–H and O–H groups in total. The van der Waals surface area contributed by atoms with E-state index in [9.17, 15) is 4.79 Å². The number of carbonyl (C=O) groups is 1. The van der Waals surface area contributed by atoms with Gasteiger partial charge in [-0.15, -0.1) is 0 Å². The number of fused-ring (bicyclic) bond motifs is 1. The number of likely N-dealkylation sites (tertiary alicyclic amines) is 1. The average molecular weight is 278 g/mol. The molecule has 3 aliphatic rings. The van der Waals surface area contributed by atoms with Gasteiger partial charge in [-0.25, -0.2) is 0 Å². The van der Waals surface area contributed by atoms with Crippen molar-refractivity contribution in [1.29, 1.82) is 0 Å². The zero-order chi connectivity index (χ0) is 13.9. The Morgan fingerprint density at radius 1 is 0.950 bits per heavy atom. The number of hydrogen-bond donors (Lipinski definition) is 1. The first-order chi connectivity index (χ1) is 9.74. The number of amides is 1. The number of nitrogens with one attached hydrogen (secondary N) is 1. The highest BCUT2D eigenvalue weighted by Crippen LogP contribution is 2.32. The minimum absolute atomic E-state index is 0.114. The van der Waals surface area contributed by atoms with Crippen LogP contribution < -0.4 is 5.32 Å². The molecule has 2 heterocycles. The van der Waals surface area contributed by atoms with Crippen LogP contribution in [0.25, 0.3) is 0 Å². The van der Waals surface area contributed by atoms with E-state index in [1.54, 1.807) is 0 Å². The molecule has 2 saturated heterocycles. The normalized spacial score (nSPS) is 39.0. The summed E-state index contributed by atoms with van der Waals surface area (Å²) >= 11 is 0. The van der Waals surface area contributed by atoms with Crippen molar-refractivity contribution in [2.75, 3.05) is 13.1 Å². The molecule has 0 radical (unpaired) electrons. The molecule has 1 amide bonds. The molecule has 0 aromatic heterocycles. The van der Waals surface area contributed by atoms with Gasteiger partial charge in [0.1, 0.15) is 0 Å². The summed E-state index contributed by atoms with van der Waals surface area (Å²) in [5.74, 6) is 2.02. The summed E-state index contributed by atoms with van der Waals surface area (Å²) in [4.78, 5) is 14.9. The van der Waals surface area contributed by atoms with E-state index in [0.717, 1.165) is 31.3 Å². The van der Waals surface area contributed by atoms with Crippen LogP contribution in [0.15, 0.2) is 0 Å². The first-order valence-corrected chi connectivity index (χ1v) is 8.79. The van der Waals surface area contributed by atoms with Crippen molar-refractivity contribution in [3.8, 4) is 0 Å². The van der Waals surface area contributed by atoms with Crippen LogP contribution >= 0.6 is 0 Å². The Bertz CT molecular complexity index is 344. The number of carbonyl (C=O) groups excluding carboxylic acids is 1. The van der Waals surface area contributed by atoms with Gasteiger partial charge in [0.25, 0.3) is 0 Å². The molecule has 3 fully saturated rings. The van der Waals surface area contributed by atoms with E-state index in [0.29, 0.717) is 11.9 Å². The first kappa shape index (κ1) is 14.4. The third-order valence-electron chi connectivity index (χ3n) is 5.78. The molecule has 1 aliphatic carbocycles. The maximum Gasteiger partial charge on any atom is 0.239 e. The summed E-state index contributed by atoms with van der Waals surface area (Å²) in [5.41, 5.74) is 0. The zero-order valence-corrected chi connectivity index (χ0v) is 12.9. The Labute approximate surface area is 123 Å². The monoisotopic (exact) mass is 278 g/mol. The van der Waals surface area contributed by atoms with E-state index < -0.39 is 0 Å². The third-order valence-corrected chi connectivity index (χ3v) is 5.78. The van der Waals surface area contributed by atoms with Crippen molar-refractivity contribution < 1.29 is 4.79 Å². The van der Waals surface area contributed by atoms with Gasteiger partial charge in [-0.3, -0.25) is 4.79 Å². The lowest BCUT2D eigenvalue weighted by Crippen LogP contribution is -2.55. The van der Waals surface area contributed by atoms with Gasteiger partial charge in [-0.05, 0) is 56.8 Å². The van der Waals surface area contributed by atoms with Gasteiger partial charge in [0.15, 0.2) is 0 Å². The molecule has 0 aromatic carbocycles. The van der Waals surface area contributed by atoms with Crippen molar-refractivity contribution in [1.82, 2.24) is 10.2 Å². The van der Waals surface area contributed by atoms with Crippen LogP contribution in [0.2, 0.25) is 0 Å². The van der Waals surface area contributed by atoms with Crippen LogP contribution in [0.1, 0.15) is 64.7 Å². The minimum atomic E-state index is 0.114. The molecule has 0 bridgehead atoms. The SMILES string of the molecule is CC1CCCN(C(=O)C2CCC3CCCCC3N2)CC1. The first-order valence-electron chi connectivity index (χ1n) is 8.79. The second-order valence-electron chi connectivity index (χ2n) is 7.31. The predicted molar refractivity (Wildman–Crippen MR) is 81.5 cm³/mol. The van der Waals surface area contributed by atoms with Gasteiger partial charge in [0.2, 0.25) is 5.91 Å². The van der Waals surface area contributed by atoms with Crippen LogP contribution in [0.4, 0.5) is 0 Å². The molecule has 4 unspecified atom stereocenters. The Kier molecular flexibility index (Phi) is 4.65. The largest absolute Gasteiger partial charge is 0.341 e. The maximum absolute atomic E-state index is 12.8. The number of hydrogen-bond acceptors (Lipinski definition) is 2. The highest BCUT2D eigenvalue weighted by molar-refractivity contribution is 5.82. The summed E-state index contributed by atoms with van der Waals surface area (Å²) in [6.45, 7) is 4.28. The number of piperidine rings is 1. The molecule has 4 atom stereocenters. The van der Waals surface area contributed by atoms with Crippen LogP contribution in [-0.2, 0) is 4.79 Å². The molecule has 20 heavy (non-hydrogen) atoms. The lowest BCUT2D eigenvalue weighted by atomic mass is 9.77. The fourth-order valence-electron chi connectivity index (χ4n) is 4.39. The summed E-state index contributed by atoms with van der Waals surface area (Å²) in [7, 11) is 0. The van der Waals surface area contributed by atoms with E-state index in [1.807, 2.05) is 0 Å². The highest BCUT2D eigenvalue weighted by atomic mass is 16.2. The van der Waals surface area contributed by atoms with Gasteiger partial charge < -0.3 is 10.2 Å². The number of nitrogens with zero attached hydrogens (tertiary/aromatic N) is 1. The van der Waals surface area contributed by atoms with Gasteiger partial charge in [0, 0.05) is 19.1 Å². The van der Waals surface area contributed by atoms with Gasteiger partial charge >= 0.3 is 0 Å². The topological polar surface area (TPSA) is 32.3 Å². The molecule has 3 heteroatoms. The molecule has 3 nitrogen and oxygen atoms in total. The second kappa shape index (κ2) is 6.46. The summed E-state index contributed by atoms with van der Waals surface area (Å²) in [6.07, 6.45) is 11.4. The molecule has 2 aliphatic heterocycles. The Morgan fingerprint density at radius 2 is 1.80 bits per heavy atom. The average Bonchev–Trinajstić information content (AvgIpc) is 2.71. The molecule has 1 saturated carbocycles. The van der Waals surface area contributed by atoms with E-state index in [4.69, 9.17) is 0 Å². The molecule has 114 valence electrons.